The summed E-state index contributed by atoms with van der Waals surface area (Å²) in [4.78, 5) is 24.5. The lowest BCUT2D eigenvalue weighted by atomic mass is 10.1. The van der Waals surface area contributed by atoms with E-state index in [0.29, 0.717) is 36.5 Å². The van der Waals surface area contributed by atoms with E-state index in [1.165, 1.54) is 0 Å². The minimum Gasteiger partial charge on any atom is -0.488 e. The highest BCUT2D eigenvalue weighted by atomic mass is 16.5. The molecule has 0 fully saturated rings. The molecule has 0 spiro atoms. The highest BCUT2D eigenvalue weighted by molar-refractivity contribution is 5.99. The summed E-state index contributed by atoms with van der Waals surface area (Å²) >= 11 is 0. The Morgan fingerprint density at radius 1 is 0.812 bits per heavy atom. The number of hydrogen-bond donors (Lipinski definition) is 2. The van der Waals surface area contributed by atoms with E-state index in [1.54, 1.807) is 14.0 Å². The number of benzene rings is 3. The lowest BCUT2D eigenvalue weighted by molar-refractivity contribution is -0.117. The van der Waals surface area contributed by atoms with Gasteiger partial charge in [-0.2, -0.15) is 0 Å². The highest BCUT2D eigenvalue weighted by Crippen LogP contribution is 2.24. The van der Waals surface area contributed by atoms with Gasteiger partial charge in [0.2, 0.25) is 11.8 Å². The molecule has 0 radical (unpaired) electrons. The van der Waals surface area contributed by atoms with Crippen LogP contribution in [-0.2, 0) is 27.4 Å². The maximum Gasteiger partial charge on any atom is 0.250 e. The van der Waals surface area contributed by atoms with Gasteiger partial charge in [-0.25, -0.2) is 0 Å². The number of hydrogen-bond acceptors (Lipinski definition) is 3. The Morgan fingerprint density at radius 3 is 2.00 bits per heavy atom. The van der Waals surface area contributed by atoms with Crippen LogP contribution in [0.4, 0.5) is 5.69 Å². The third kappa shape index (κ3) is 6.57. The molecule has 0 heterocycles. The van der Waals surface area contributed by atoms with Crippen molar-refractivity contribution in [2.24, 2.45) is 0 Å². The van der Waals surface area contributed by atoms with E-state index in [1.807, 2.05) is 84.9 Å². The van der Waals surface area contributed by atoms with Gasteiger partial charge in [0.15, 0.2) is 0 Å². The molecule has 0 saturated heterocycles. The quantitative estimate of drug-likeness (QED) is 0.374. The Hall–Kier alpha value is -3.86. The topological polar surface area (TPSA) is 67.4 Å². The zero-order valence-electron chi connectivity index (χ0n) is 18.4. The lowest BCUT2D eigenvalue weighted by Gasteiger charge is -2.15. The number of likely N-dealkylation sites (N-methyl/N-ethyl adjacent to an activating group) is 1. The van der Waals surface area contributed by atoms with Crippen molar-refractivity contribution in [2.75, 3.05) is 12.4 Å². The van der Waals surface area contributed by atoms with Crippen molar-refractivity contribution in [3.05, 3.63) is 107 Å². The maximum absolute atomic E-state index is 12.3. The molecule has 32 heavy (non-hydrogen) atoms. The molecule has 2 amide bonds. The minimum atomic E-state index is -0.202. The number of ether oxygens (including phenoxy) is 1. The van der Waals surface area contributed by atoms with Crippen LogP contribution in [0.25, 0.3) is 5.76 Å². The summed E-state index contributed by atoms with van der Waals surface area (Å²) < 4.78 is 6.04. The van der Waals surface area contributed by atoms with E-state index in [9.17, 15) is 9.59 Å². The monoisotopic (exact) mass is 428 g/mol. The van der Waals surface area contributed by atoms with Crippen LogP contribution in [0.2, 0.25) is 0 Å². The molecule has 0 aliphatic heterocycles. The SMILES string of the molecule is CNC(=O)/C(C)=C(/OCc1ccccc1)c1ccc(NC(=O)CCc2ccccc2)cc1. The molecule has 0 atom stereocenters. The molecule has 0 saturated carbocycles. The van der Waals surface area contributed by atoms with E-state index in [0.717, 1.165) is 16.7 Å². The fourth-order valence-electron chi connectivity index (χ4n) is 3.26. The molecule has 3 rings (SSSR count). The predicted octanol–water partition coefficient (Wildman–Crippen LogP) is 4.95. The molecule has 0 aliphatic carbocycles. The zero-order valence-corrected chi connectivity index (χ0v) is 18.4. The van der Waals surface area contributed by atoms with Crippen LogP contribution in [0.15, 0.2) is 90.5 Å². The number of rotatable bonds is 9. The summed E-state index contributed by atoms with van der Waals surface area (Å²) in [5, 5.41) is 5.57. The first-order valence-corrected chi connectivity index (χ1v) is 10.6. The van der Waals surface area contributed by atoms with Gasteiger partial charge >= 0.3 is 0 Å². The second-order valence-electron chi connectivity index (χ2n) is 7.42. The summed E-state index contributed by atoms with van der Waals surface area (Å²) in [6.07, 6.45) is 1.10. The number of anilines is 1. The van der Waals surface area contributed by atoms with Gasteiger partial charge in [-0.1, -0.05) is 60.7 Å². The minimum absolute atomic E-state index is 0.0424. The smallest absolute Gasteiger partial charge is 0.250 e. The third-order valence-corrected chi connectivity index (χ3v) is 5.05. The summed E-state index contributed by atoms with van der Waals surface area (Å²) in [6, 6.07) is 27.0. The van der Waals surface area contributed by atoms with E-state index in [-0.39, 0.29) is 11.8 Å². The van der Waals surface area contributed by atoms with Crippen LogP contribution in [0.3, 0.4) is 0 Å². The molecule has 5 nitrogen and oxygen atoms in total. The van der Waals surface area contributed by atoms with Gasteiger partial charge in [0.1, 0.15) is 12.4 Å². The van der Waals surface area contributed by atoms with Crippen LogP contribution >= 0.6 is 0 Å². The van der Waals surface area contributed by atoms with Crippen molar-refractivity contribution in [3.63, 3.8) is 0 Å². The maximum atomic E-state index is 12.3. The Kier molecular flexibility index (Phi) is 8.21. The fraction of sp³-hybridized carbons (Fsp3) is 0.185. The molecule has 0 unspecified atom stereocenters. The molecular weight excluding hydrogens is 400 g/mol. The Bertz CT molecular complexity index is 1060. The number of carbonyl (C=O) groups is 2. The second kappa shape index (κ2) is 11.5. The average Bonchev–Trinajstić information content (AvgIpc) is 2.84. The van der Waals surface area contributed by atoms with Crippen LogP contribution in [0, 0.1) is 0 Å². The first-order valence-electron chi connectivity index (χ1n) is 10.6. The first kappa shape index (κ1) is 22.8. The number of aryl methyl sites for hydroxylation is 1. The Balaban J connectivity index is 1.68. The molecule has 3 aromatic carbocycles. The van der Waals surface area contributed by atoms with Crippen molar-refractivity contribution >= 4 is 23.3 Å². The normalized spacial score (nSPS) is 11.3. The van der Waals surface area contributed by atoms with Crippen LogP contribution < -0.4 is 10.6 Å². The molecule has 0 aliphatic rings. The van der Waals surface area contributed by atoms with Gasteiger partial charge in [0.05, 0.1) is 5.57 Å². The summed E-state index contributed by atoms with van der Waals surface area (Å²) in [7, 11) is 1.59. The summed E-state index contributed by atoms with van der Waals surface area (Å²) in [5.41, 5.74) is 4.10. The molecule has 164 valence electrons. The van der Waals surface area contributed by atoms with Crippen molar-refractivity contribution in [2.45, 2.75) is 26.4 Å². The lowest BCUT2D eigenvalue weighted by Crippen LogP contribution is -2.20. The van der Waals surface area contributed by atoms with Gasteiger partial charge in [0.25, 0.3) is 0 Å². The fourth-order valence-corrected chi connectivity index (χ4v) is 3.26. The zero-order chi connectivity index (χ0) is 22.8. The van der Waals surface area contributed by atoms with Gasteiger partial charge in [-0.15, -0.1) is 0 Å². The van der Waals surface area contributed by atoms with Crippen molar-refractivity contribution in [3.8, 4) is 0 Å². The second-order valence-corrected chi connectivity index (χ2v) is 7.42. The molecule has 0 aromatic heterocycles. The molecular formula is C27H28N2O3. The van der Waals surface area contributed by atoms with E-state index in [2.05, 4.69) is 10.6 Å². The van der Waals surface area contributed by atoms with Crippen LogP contribution in [0.1, 0.15) is 30.0 Å². The number of amides is 2. The van der Waals surface area contributed by atoms with Gasteiger partial charge < -0.3 is 15.4 Å². The molecule has 2 N–H and O–H groups in total. The van der Waals surface area contributed by atoms with E-state index in [4.69, 9.17) is 4.74 Å². The summed E-state index contributed by atoms with van der Waals surface area (Å²) in [6.45, 7) is 2.08. The van der Waals surface area contributed by atoms with Crippen LogP contribution in [-0.4, -0.2) is 18.9 Å². The van der Waals surface area contributed by atoms with Crippen LogP contribution in [0.5, 0.6) is 0 Å². The Morgan fingerprint density at radius 2 is 1.41 bits per heavy atom. The largest absolute Gasteiger partial charge is 0.488 e. The van der Waals surface area contributed by atoms with Crippen molar-refractivity contribution < 1.29 is 14.3 Å². The van der Waals surface area contributed by atoms with Crippen molar-refractivity contribution in [1.29, 1.82) is 0 Å². The number of nitrogens with one attached hydrogen (secondary N) is 2. The van der Waals surface area contributed by atoms with Gasteiger partial charge in [0, 0.05) is 24.7 Å². The van der Waals surface area contributed by atoms with E-state index >= 15 is 0 Å². The predicted molar refractivity (Wildman–Crippen MR) is 128 cm³/mol. The molecule has 5 heteroatoms. The summed E-state index contributed by atoms with van der Waals surface area (Å²) in [5.74, 6) is 0.265. The number of carbonyl (C=O) groups excluding carboxylic acids is 2. The average molecular weight is 429 g/mol. The van der Waals surface area contributed by atoms with Gasteiger partial charge in [-0.05, 0) is 48.7 Å². The third-order valence-electron chi connectivity index (χ3n) is 5.05. The van der Waals surface area contributed by atoms with Gasteiger partial charge in [-0.3, -0.25) is 9.59 Å². The molecule has 0 bridgehead atoms. The first-order chi connectivity index (χ1) is 15.6. The molecule has 3 aromatic rings. The highest BCUT2D eigenvalue weighted by Gasteiger charge is 2.14. The Labute approximate surface area is 189 Å². The standard InChI is InChI=1S/C27H28N2O3/c1-20(27(31)28-2)26(32-19-22-11-7-4-8-12-22)23-14-16-24(17-15-23)29-25(30)18-13-21-9-5-3-6-10-21/h3-12,14-17H,13,18-19H2,1-2H3,(H,28,31)(H,29,30)/b26-20+. The van der Waals surface area contributed by atoms with E-state index < -0.39 is 0 Å². The van der Waals surface area contributed by atoms with Crippen molar-refractivity contribution in [1.82, 2.24) is 5.32 Å².